The summed E-state index contributed by atoms with van der Waals surface area (Å²) in [6, 6.07) is 7.13. The van der Waals surface area contributed by atoms with Crippen LogP contribution in [0, 0.1) is 13.7 Å². The topological polar surface area (TPSA) is 58.4 Å². The highest BCUT2D eigenvalue weighted by Crippen LogP contribution is 2.36. The molecule has 0 spiro atoms. The SMILES string of the molecule is CCN(c1ccc(I)cc1[N+](=O)[O-])C1CC2CCC(C1)N2. The number of nitrogens with one attached hydrogen (secondary N) is 1. The van der Waals surface area contributed by atoms with Crippen LogP contribution in [-0.4, -0.2) is 29.6 Å². The number of rotatable bonds is 4. The summed E-state index contributed by atoms with van der Waals surface area (Å²) in [5.74, 6) is 0. The third kappa shape index (κ3) is 3.01. The van der Waals surface area contributed by atoms with Crippen molar-refractivity contribution in [2.75, 3.05) is 11.4 Å². The van der Waals surface area contributed by atoms with Gasteiger partial charge in [0.2, 0.25) is 0 Å². The van der Waals surface area contributed by atoms with Gasteiger partial charge in [-0.2, -0.15) is 0 Å². The molecule has 0 saturated carbocycles. The summed E-state index contributed by atoms with van der Waals surface area (Å²) in [5.41, 5.74) is 1.00. The van der Waals surface area contributed by atoms with E-state index in [9.17, 15) is 10.1 Å². The predicted octanol–water partition coefficient (Wildman–Crippen LogP) is 3.31. The van der Waals surface area contributed by atoms with Crippen molar-refractivity contribution in [2.24, 2.45) is 0 Å². The first kappa shape index (κ1) is 15.0. The minimum absolute atomic E-state index is 0.231. The first-order valence-corrected chi connectivity index (χ1v) is 8.63. The van der Waals surface area contributed by atoms with Crippen LogP contribution in [0.4, 0.5) is 11.4 Å². The zero-order valence-electron chi connectivity index (χ0n) is 12.1. The second-order valence-electron chi connectivity index (χ2n) is 5.94. The summed E-state index contributed by atoms with van der Waals surface area (Å²) in [6.07, 6.45) is 4.67. The fourth-order valence-electron chi connectivity index (χ4n) is 3.79. The molecule has 5 nitrogen and oxygen atoms in total. The Hall–Kier alpha value is -0.890. The van der Waals surface area contributed by atoms with E-state index in [-0.39, 0.29) is 10.6 Å². The van der Waals surface area contributed by atoms with Crippen LogP contribution in [0.2, 0.25) is 0 Å². The summed E-state index contributed by atoms with van der Waals surface area (Å²) in [7, 11) is 0. The highest BCUT2D eigenvalue weighted by molar-refractivity contribution is 14.1. The molecule has 6 heteroatoms. The van der Waals surface area contributed by atoms with Gasteiger partial charge in [-0.1, -0.05) is 0 Å². The van der Waals surface area contributed by atoms with E-state index < -0.39 is 0 Å². The minimum Gasteiger partial charge on any atom is -0.363 e. The van der Waals surface area contributed by atoms with E-state index in [0.717, 1.165) is 28.6 Å². The molecule has 1 N–H and O–H groups in total. The number of piperidine rings is 1. The Morgan fingerprint density at radius 1 is 1.38 bits per heavy atom. The van der Waals surface area contributed by atoms with Crippen LogP contribution < -0.4 is 10.2 Å². The number of nitro benzene ring substituents is 1. The fourth-order valence-corrected chi connectivity index (χ4v) is 4.27. The van der Waals surface area contributed by atoms with Gasteiger partial charge in [-0.15, -0.1) is 0 Å². The van der Waals surface area contributed by atoms with Gasteiger partial charge in [0.25, 0.3) is 5.69 Å². The lowest BCUT2D eigenvalue weighted by molar-refractivity contribution is -0.384. The lowest BCUT2D eigenvalue weighted by atomic mass is 9.97. The number of hydrogen-bond donors (Lipinski definition) is 1. The molecule has 1 aromatic carbocycles. The molecule has 21 heavy (non-hydrogen) atoms. The average Bonchev–Trinajstić information content (AvgIpc) is 2.80. The summed E-state index contributed by atoms with van der Waals surface area (Å²) >= 11 is 2.13. The highest BCUT2D eigenvalue weighted by Gasteiger charge is 2.37. The second-order valence-corrected chi connectivity index (χ2v) is 7.18. The molecule has 114 valence electrons. The van der Waals surface area contributed by atoms with Crippen molar-refractivity contribution in [3.8, 4) is 0 Å². The molecule has 2 unspecified atom stereocenters. The Kier molecular flexibility index (Phi) is 4.35. The fraction of sp³-hybridized carbons (Fsp3) is 0.600. The van der Waals surface area contributed by atoms with E-state index in [1.807, 2.05) is 12.1 Å². The number of fused-ring (bicyclic) bond motifs is 2. The quantitative estimate of drug-likeness (QED) is 0.478. The van der Waals surface area contributed by atoms with Crippen molar-refractivity contribution in [1.29, 1.82) is 0 Å². The van der Waals surface area contributed by atoms with Crippen LogP contribution in [0.1, 0.15) is 32.6 Å². The van der Waals surface area contributed by atoms with E-state index in [1.165, 1.54) is 12.8 Å². The molecule has 2 atom stereocenters. The van der Waals surface area contributed by atoms with Crippen molar-refractivity contribution >= 4 is 34.0 Å². The van der Waals surface area contributed by atoms with Gasteiger partial charge in [-0.3, -0.25) is 10.1 Å². The second kappa shape index (κ2) is 6.08. The summed E-state index contributed by atoms with van der Waals surface area (Å²) < 4.78 is 0.907. The number of benzene rings is 1. The Morgan fingerprint density at radius 2 is 2.05 bits per heavy atom. The Balaban J connectivity index is 1.91. The largest absolute Gasteiger partial charge is 0.363 e. The van der Waals surface area contributed by atoms with Crippen molar-refractivity contribution in [1.82, 2.24) is 5.32 Å². The van der Waals surface area contributed by atoms with Gasteiger partial charge in [-0.25, -0.2) is 0 Å². The molecule has 2 fully saturated rings. The smallest absolute Gasteiger partial charge is 0.293 e. The number of nitro groups is 1. The minimum atomic E-state index is -0.254. The third-order valence-corrected chi connectivity index (χ3v) is 5.34. The zero-order valence-corrected chi connectivity index (χ0v) is 14.2. The van der Waals surface area contributed by atoms with E-state index >= 15 is 0 Å². The Bertz CT molecular complexity index is 540. The lowest BCUT2D eigenvalue weighted by Crippen LogP contribution is -2.48. The Morgan fingerprint density at radius 3 is 2.62 bits per heavy atom. The monoisotopic (exact) mass is 401 g/mol. The molecule has 0 aromatic heterocycles. The maximum absolute atomic E-state index is 11.4. The molecule has 2 saturated heterocycles. The first-order valence-electron chi connectivity index (χ1n) is 7.55. The molecule has 2 aliphatic rings. The van der Waals surface area contributed by atoms with Gasteiger partial charge in [-0.05, 0) is 67.3 Å². The highest BCUT2D eigenvalue weighted by atomic mass is 127. The molecule has 1 aromatic rings. The molecule has 0 amide bonds. The van der Waals surface area contributed by atoms with Crippen molar-refractivity contribution < 1.29 is 4.92 Å². The first-order chi connectivity index (χ1) is 10.1. The summed E-state index contributed by atoms with van der Waals surface area (Å²) in [6.45, 7) is 2.90. The third-order valence-electron chi connectivity index (χ3n) is 4.67. The average molecular weight is 401 g/mol. The van der Waals surface area contributed by atoms with Crippen LogP contribution in [0.3, 0.4) is 0 Å². The number of anilines is 1. The summed E-state index contributed by atoms with van der Waals surface area (Å²) in [5, 5.41) is 15.0. The maximum Gasteiger partial charge on any atom is 0.293 e. The van der Waals surface area contributed by atoms with Crippen LogP contribution >= 0.6 is 22.6 Å². The standard InChI is InChI=1S/C15H20IN3O2/c1-2-18(13-8-11-4-5-12(9-13)17-11)14-6-3-10(16)7-15(14)19(20)21/h3,6-7,11-13,17H,2,4-5,8-9H2,1H3. The molecule has 2 aliphatic heterocycles. The van der Waals surface area contributed by atoms with E-state index in [4.69, 9.17) is 0 Å². The van der Waals surface area contributed by atoms with Gasteiger partial charge in [0.1, 0.15) is 5.69 Å². The molecule has 2 bridgehead atoms. The van der Waals surface area contributed by atoms with Gasteiger partial charge in [0, 0.05) is 34.3 Å². The molecular formula is C15H20IN3O2. The van der Waals surface area contributed by atoms with E-state index in [0.29, 0.717) is 18.1 Å². The molecule has 3 rings (SSSR count). The molecule has 0 aliphatic carbocycles. The van der Waals surface area contributed by atoms with Crippen molar-refractivity contribution in [3.05, 3.63) is 31.9 Å². The van der Waals surface area contributed by atoms with Crippen LogP contribution in [0.15, 0.2) is 18.2 Å². The molecule has 2 heterocycles. The molecular weight excluding hydrogens is 381 g/mol. The zero-order chi connectivity index (χ0) is 15.0. The number of halogens is 1. The Labute approximate surface area is 138 Å². The van der Waals surface area contributed by atoms with Gasteiger partial charge >= 0.3 is 0 Å². The van der Waals surface area contributed by atoms with Gasteiger partial charge < -0.3 is 10.2 Å². The normalized spacial score (nSPS) is 27.6. The van der Waals surface area contributed by atoms with Crippen molar-refractivity contribution in [2.45, 2.75) is 50.7 Å². The van der Waals surface area contributed by atoms with E-state index in [1.54, 1.807) is 6.07 Å². The summed E-state index contributed by atoms with van der Waals surface area (Å²) in [4.78, 5) is 13.4. The predicted molar refractivity (Wildman–Crippen MR) is 91.8 cm³/mol. The lowest BCUT2D eigenvalue weighted by Gasteiger charge is -2.38. The van der Waals surface area contributed by atoms with Crippen LogP contribution in [0.25, 0.3) is 0 Å². The van der Waals surface area contributed by atoms with Gasteiger partial charge in [0.05, 0.1) is 4.92 Å². The number of hydrogen-bond acceptors (Lipinski definition) is 4. The molecule has 0 radical (unpaired) electrons. The van der Waals surface area contributed by atoms with Gasteiger partial charge in [0.15, 0.2) is 0 Å². The number of nitrogens with zero attached hydrogens (tertiary/aromatic N) is 2. The van der Waals surface area contributed by atoms with E-state index in [2.05, 4.69) is 39.7 Å². The maximum atomic E-state index is 11.4. The van der Waals surface area contributed by atoms with Crippen LogP contribution in [0.5, 0.6) is 0 Å². The van der Waals surface area contributed by atoms with Crippen LogP contribution in [-0.2, 0) is 0 Å². The van der Waals surface area contributed by atoms with Crippen molar-refractivity contribution in [3.63, 3.8) is 0 Å².